The van der Waals surface area contributed by atoms with Gasteiger partial charge in [0, 0.05) is 6.20 Å². The predicted octanol–water partition coefficient (Wildman–Crippen LogP) is 3.82. The van der Waals surface area contributed by atoms with Gasteiger partial charge in [0.2, 0.25) is 0 Å². The monoisotopic (exact) mass is 247 g/mol. The fourth-order valence-corrected chi connectivity index (χ4v) is 3.41. The molecule has 1 fully saturated rings. The van der Waals surface area contributed by atoms with Crippen LogP contribution in [0.25, 0.3) is 0 Å². The third-order valence-electron chi connectivity index (χ3n) is 4.47. The molecule has 4 atom stereocenters. The Kier molecular flexibility index (Phi) is 4.39. The summed E-state index contributed by atoms with van der Waals surface area (Å²) < 4.78 is 0. The van der Waals surface area contributed by atoms with Crippen molar-refractivity contribution in [2.75, 3.05) is 0 Å². The molecular formula is C16H25NO. The highest BCUT2D eigenvalue weighted by atomic mass is 16.3. The fraction of sp³-hybridized carbons (Fsp3) is 0.688. The van der Waals surface area contributed by atoms with Crippen LogP contribution in [0.5, 0.6) is 0 Å². The molecule has 18 heavy (non-hydrogen) atoms. The molecular weight excluding hydrogens is 222 g/mol. The van der Waals surface area contributed by atoms with Gasteiger partial charge in [0.25, 0.3) is 0 Å². The minimum atomic E-state index is -0.402. The van der Waals surface area contributed by atoms with Crippen LogP contribution in [0.4, 0.5) is 0 Å². The smallest absolute Gasteiger partial charge is 0.0990 e. The predicted molar refractivity (Wildman–Crippen MR) is 74.0 cm³/mol. The number of rotatable bonds is 3. The SMILES string of the molecule is CC(C)[C@@H]1CC[C@@H](C)C[C@H]1[C@@H](O)c1ccccn1. The van der Waals surface area contributed by atoms with E-state index in [1.54, 1.807) is 6.20 Å². The van der Waals surface area contributed by atoms with Crippen LogP contribution in [-0.4, -0.2) is 10.1 Å². The Hall–Kier alpha value is -0.890. The Balaban J connectivity index is 2.17. The summed E-state index contributed by atoms with van der Waals surface area (Å²) >= 11 is 0. The van der Waals surface area contributed by atoms with Gasteiger partial charge < -0.3 is 5.11 Å². The Labute approximate surface area is 110 Å². The maximum absolute atomic E-state index is 10.6. The average molecular weight is 247 g/mol. The molecule has 0 bridgehead atoms. The molecule has 0 aromatic carbocycles. The minimum Gasteiger partial charge on any atom is -0.387 e. The number of pyridine rings is 1. The standard InChI is InChI=1S/C16H25NO/c1-11(2)13-8-7-12(3)10-14(13)16(18)15-6-4-5-9-17-15/h4-6,9,11-14,16,18H,7-8,10H2,1-3H3/t12-,13+,14-,16-/m1/s1. The molecule has 1 aromatic rings. The molecule has 1 N–H and O–H groups in total. The average Bonchev–Trinajstić information content (AvgIpc) is 2.38. The number of hydrogen-bond acceptors (Lipinski definition) is 2. The zero-order valence-corrected chi connectivity index (χ0v) is 11.7. The second-order valence-electron chi connectivity index (χ2n) is 6.19. The Bertz CT molecular complexity index is 363. The highest BCUT2D eigenvalue weighted by molar-refractivity contribution is 5.08. The van der Waals surface area contributed by atoms with Crippen molar-refractivity contribution in [2.45, 2.75) is 46.1 Å². The highest BCUT2D eigenvalue weighted by Gasteiger charge is 2.36. The first-order valence-electron chi connectivity index (χ1n) is 7.18. The molecule has 1 aliphatic carbocycles. The first kappa shape index (κ1) is 13.5. The Morgan fingerprint density at radius 1 is 1.22 bits per heavy atom. The first-order valence-corrected chi connectivity index (χ1v) is 7.18. The maximum Gasteiger partial charge on any atom is 0.0990 e. The van der Waals surface area contributed by atoms with E-state index in [0.29, 0.717) is 17.8 Å². The van der Waals surface area contributed by atoms with Gasteiger partial charge in [0.1, 0.15) is 0 Å². The van der Waals surface area contributed by atoms with Gasteiger partial charge >= 0.3 is 0 Å². The molecule has 2 heteroatoms. The topological polar surface area (TPSA) is 33.1 Å². The van der Waals surface area contributed by atoms with Crippen molar-refractivity contribution in [3.63, 3.8) is 0 Å². The van der Waals surface area contributed by atoms with Crippen molar-refractivity contribution in [1.82, 2.24) is 4.98 Å². The van der Waals surface area contributed by atoms with Crippen molar-refractivity contribution in [1.29, 1.82) is 0 Å². The van der Waals surface area contributed by atoms with Gasteiger partial charge in [-0.3, -0.25) is 4.98 Å². The van der Waals surface area contributed by atoms with E-state index >= 15 is 0 Å². The van der Waals surface area contributed by atoms with E-state index in [-0.39, 0.29) is 0 Å². The lowest BCUT2D eigenvalue weighted by Gasteiger charge is -2.39. The van der Waals surface area contributed by atoms with Gasteiger partial charge in [0.15, 0.2) is 0 Å². The summed E-state index contributed by atoms with van der Waals surface area (Å²) in [5, 5.41) is 10.6. The van der Waals surface area contributed by atoms with E-state index in [1.807, 2.05) is 18.2 Å². The van der Waals surface area contributed by atoms with Crippen LogP contribution in [0.2, 0.25) is 0 Å². The van der Waals surface area contributed by atoms with Crippen molar-refractivity contribution < 1.29 is 5.11 Å². The summed E-state index contributed by atoms with van der Waals surface area (Å²) in [6.07, 6.45) is 5.04. The van der Waals surface area contributed by atoms with E-state index in [2.05, 4.69) is 25.8 Å². The van der Waals surface area contributed by atoms with E-state index in [9.17, 15) is 5.11 Å². The summed E-state index contributed by atoms with van der Waals surface area (Å²) in [5.74, 6) is 2.35. The molecule has 1 aromatic heterocycles. The van der Waals surface area contributed by atoms with Gasteiger partial charge in [-0.2, -0.15) is 0 Å². The van der Waals surface area contributed by atoms with Crippen molar-refractivity contribution in [2.24, 2.45) is 23.7 Å². The lowest BCUT2D eigenvalue weighted by molar-refractivity contribution is 0.0121. The first-order chi connectivity index (χ1) is 8.59. The molecule has 1 saturated carbocycles. The quantitative estimate of drug-likeness (QED) is 0.880. The van der Waals surface area contributed by atoms with Gasteiger partial charge in [0.05, 0.1) is 11.8 Å². The molecule has 2 rings (SSSR count). The third kappa shape index (κ3) is 2.92. The lowest BCUT2D eigenvalue weighted by Crippen LogP contribution is -2.32. The maximum atomic E-state index is 10.6. The normalized spacial score (nSPS) is 30.4. The summed E-state index contributed by atoms with van der Waals surface area (Å²) in [7, 11) is 0. The number of aliphatic hydroxyl groups excluding tert-OH is 1. The number of aromatic nitrogens is 1. The lowest BCUT2D eigenvalue weighted by atomic mass is 9.67. The minimum absolute atomic E-state index is 0.364. The summed E-state index contributed by atoms with van der Waals surface area (Å²) in [6.45, 7) is 6.85. The van der Waals surface area contributed by atoms with Crippen LogP contribution >= 0.6 is 0 Å². The third-order valence-corrected chi connectivity index (χ3v) is 4.47. The molecule has 0 saturated heterocycles. The van der Waals surface area contributed by atoms with E-state index in [4.69, 9.17) is 0 Å². The molecule has 0 amide bonds. The second-order valence-corrected chi connectivity index (χ2v) is 6.19. The fourth-order valence-electron chi connectivity index (χ4n) is 3.41. The zero-order chi connectivity index (χ0) is 13.1. The largest absolute Gasteiger partial charge is 0.387 e. The molecule has 2 nitrogen and oxygen atoms in total. The summed E-state index contributed by atoms with van der Waals surface area (Å²) in [6, 6.07) is 5.81. The number of hydrogen-bond donors (Lipinski definition) is 1. The number of aliphatic hydroxyl groups is 1. The zero-order valence-electron chi connectivity index (χ0n) is 11.7. The molecule has 1 aliphatic rings. The van der Waals surface area contributed by atoms with Crippen molar-refractivity contribution >= 4 is 0 Å². The molecule has 0 radical (unpaired) electrons. The van der Waals surface area contributed by atoms with Crippen LogP contribution in [-0.2, 0) is 0 Å². The van der Waals surface area contributed by atoms with Crippen LogP contribution < -0.4 is 0 Å². The van der Waals surface area contributed by atoms with Gasteiger partial charge in [-0.05, 0) is 48.6 Å². The molecule has 1 heterocycles. The second kappa shape index (κ2) is 5.83. The van der Waals surface area contributed by atoms with Crippen LogP contribution in [0.15, 0.2) is 24.4 Å². The molecule has 100 valence electrons. The Morgan fingerprint density at radius 2 is 2.00 bits per heavy atom. The van der Waals surface area contributed by atoms with E-state index in [0.717, 1.165) is 18.0 Å². The van der Waals surface area contributed by atoms with Gasteiger partial charge in [-0.15, -0.1) is 0 Å². The van der Waals surface area contributed by atoms with Crippen LogP contribution in [0.1, 0.15) is 51.8 Å². The molecule has 0 aliphatic heterocycles. The van der Waals surface area contributed by atoms with E-state index < -0.39 is 6.10 Å². The van der Waals surface area contributed by atoms with E-state index in [1.165, 1.54) is 12.8 Å². The van der Waals surface area contributed by atoms with Gasteiger partial charge in [-0.25, -0.2) is 0 Å². The van der Waals surface area contributed by atoms with Gasteiger partial charge in [-0.1, -0.05) is 33.3 Å². The summed E-state index contributed by atoms with van der Waals surface area (Å²) in [5.41, 5.74) is 0.835. The molecule has 0 spiro atoms. The summed E-state index contributed by atoms with van der Waals surface area (Å²) in [4.78, 5) is 4.32. The van der Waals surface area contributed by atoms with Crippen molar-refractivity contribution in [3.05, 3.63) is 30.1 Å². The number of nitrogens with zero attached hydrogens (tertiary/aromatic N) is 1. The Morgan fingerprint density at radius 3 is 2.61 bits per heavy atom. The highest BCUT2D eigenvalue weighted by Crippen LogP contribution is 2.43. The van der Waals surface area contributed by atoms with Crippen LogP contribution in [0, 0.1) is 23.7 Å². The van der Waals surface area contributed by atoms with Crippen LogP contribution in [0.3, 0.4) is 0 Å². The van der Waals surface area contributed by atoms with Crippen molar-refractivity contribution in [3.8, 4) is 0 Å². The molecule has 0 unspecified atom stereocenters.